The van der Waals surface area contributed by atoms with Gasteiger partial charge in [-0.2, -0.15) is 0 Å². The first-order valence-electron chi connectivity index (χ1n) is 4.80. The molecule has 0 spiro atoms. The van der Waals surface area contributed by atoms with Gasteiger partial charge in [-0.15, -0.1) is 0 Å². The maximum Gasteiger partial charge on any atom is 0.124 e. The first-order chi connectivity index (χ1) is 7.10. The Balaban J connectivity index is 3.09. The summed E-state index contributed by atoms with van der Waals surface area (Å²) in [5, 5.41) is 22.4. The zero-order valence-corrected chi connectivity index (χ0v) is 9.24. The number of phenolic OH excluding ortho intramolecular Hbond substituents is 1. The van der Waals surface area contributed by atoms with Gasteiger partial charge in [0.1, 0.15) is 11.5 Å². The fourth-order valence-electron chi connectivity index (χ4n) is 1.45. The predicted octanol–water partition coefficient (Wildman–Crippen LogP) is 0.962. The van der Waals surface area contributed by atoms with Gasteiger partial charge in [-0.1, -0.05) is 0 Å². The van der Waals surface area contributed by atoms with Crippen molar-refractivity contribution in [3.05, 3.63) is 23.3 Å². The maximum absolute atomic E-state index is 9.77. The molecule has 0 saturated heterocycles. The SMILES string of the molecule is CNCC(O)c1cc(OC)cc(C)c1O. The second-order valence-electron chi connectivity index (χ2n) is 3.46. The number of aliphatic hydroxyl groups is 1. The van der Waals surface area contributed by atoms with Crippen LogP contribution in [0.1, 0.15) is 17.2 Å². The Morgan fingerprint density at radius 2 is 2.13 bits per heavy atom. The summed E-state index contributed by atoms with van der Waals surface area (Å²) in [5.41, 5.74) is 1.18. The number of ether oxygens (including phenoxy) is 1. The van der Waals surface area contributed by atoms with Gasteiger partial charge in [0.25, 0.3) is 0 Å². The molecule has 1 unspecified atom stereocenters. The predicted molar refractivity (Wildman–Crippen MR) is 58.3 cm³/mol. The van der Waals surface area contributed by atoms with Crippen LogP contribution in [0.5, 0.6) is 11.5 Å². The molecular weight excluding hydrogens is 194 g/mol. The van der Waals surface area contributed by atoms with Crippen molar-refractivity contribution in [2.45, 2.75) is 13.0 Å². The fraction of sp³-hybridized carbons (Fsp3) is 0.455. The van der Waals surface area contributed by atoms with Crippen LogP contribution in [0.25, 0.3) is 0 Å². The molecule has 0 aliphatic carbocycles. The molecule has 0 aliphatic rings. The zero-order valence-electron chi connectivity index (χ0n) is 9.24. The Bertz CT molecular complexity index is 339. The van der Waals surface area contributed by atoms with Crippen LogP contribution in [0.15, 0.2) is 12.1 Å². The van der Waals surface area contributed by atoms with Crippen LogP contribution >= 0.6 is 0 Å². The molecule has 84 valence electrons. The highest BCUT2D eigenvalue weighted by atomic mass is 16.5. The van der Waals surface area contributed by atoms with E-state index < -0.39 is 6.10 Å². The van der Waals surface area contributed by atoms with Crippen molar-refractivity contribution in [3.8, 4) is 11.5 Å². The minimum absolute atomic E-state index is 0.124. The van der Waals surface area contributed by atoms with Gasteiger partial charge in [0.15, 0.2) is 0 Å². The highest BCUT2D eigenvalue weighted by Gasteiger charge is 2.14. The van der Waals surface area contributed by atoms with Gasteiger partial charge in [-0.05, 0) is 31.7 Å². The summed E-state index contributed by atoms with van der Waals surface area (Å²) >= 11 is 0. The molecule has 4 nitrogen and oxygen atoms in total. The van der Waals surface area contributed by atoms with Gasteiger partial charge in [-0.3, -0.25) is 0 Å². The number of phenols is 1. The summed E-state index contributed by atoms with van der Waals surface area (Å²) in [6.07, 6.45) is -0.733. The number of likely N-dealkylation sites (N-methyl/N-ethyl adjacent to an activating group) is 1. The number of nitrogens with one attached hydrogen (secondary N) is 1. The van der Waals surface area contributed by atoms with Crippen molar-refractivity contribution in [2.24, 2.45) is 0 Å². The summed E-state index contributed by atoms with van der Waals surface area (Å²) in [7, 11) is 3.30. The average molecular weight is 211 g/mol. The van der Waals surface area contributed by atoms with Crippen molar-refractivity contribution in [1.29, 1.82) is 0 Å². The molecule has 0 amide bonds. The Morgan fingerprint density at radius 1 is 1.47 bits per heavy atom. The second kappa shape index (κ2) is 5.00. The van der Waals surface area contributed by atoms with Crippen molar-refractivity contribution < 1.29 is 14.9 Å². The number of aromatic hydroxyl groups is 1. The van der Waals surface area contributed by atoms with Crippen LogP contribution in [0.4, 0.5) is 0 Å². The van der Waals surface area contributed by atoms with E-state index in [0.29, 0.717) is 23.4 Å². The molecule has 15 heavy (non-hydrogen) atoms. The number of aryl methyl sites for hydroxylation is 1. The van der Waals surface area contributed by atoms with Crippen LogP contribution < -0.4 is 10.1 Å². The van der Waals surface area contributed by atoms with Crippen LogP contribution in [-0.2, 0) is 0 Å². The molecular formula is C11H17NO3. The third kappa shape index (κ3) is 2.61. The lowest BCUT2D eigenvalue weighted by molar-refractivity contribution is 0.173. The third-order valence-electron chi connectivity index (χ3n) is 2.30. The maximum atomic E-state index is 9.77. The van der Waals surface area contributed by atoms with E-state index in [2.05, 4.69) is 5.32 Å². The highest BCUT2D eigenvalue weighted by molar-refractivity contribution is 5.46. The zero-order chi connectivity index (χ0) is 11.4. The van der Waals surface area contributed by atoms with E-state index >= 15 is 0 Å². The lowest BCUT2D eigenvalue weighted by atomic mass is 10.0. The van der Waals surface area contributed by atoms with Crippen LogP contribution in [0, 0.1) is 6.92 Å². The van der Waals surface area contributed by atoms with Crippen LogP contribution in [0.3, 0.4) is 0 Å². The molecule has 1 aromatic rings. The van der Waals surface area contributed by atoms with Crippen molar-refractivity contribution in [2.75, 3.05) is 20.7 Å². The molecule has 4 heteroatoms. The van der Waals surface area contributed by atoms with Crippen LogP contribution in [-0.4, -0.2) is 30.9 Å². The molecule has 0 radical (unpaired) electrons. The summed E-state index contributed by atoms with van der Waals surface area (Å²) in [6, 6.07) is 3.37. The first-order valence-corrected chi connectivity index (χ1v) is 4.80. The number of benzene rings is 1. The lowest BCUT2D eigenvalue weighted by Gasteiger charge is -2.15. The lowest BCUT2D eigenvalue weighted by Crippen LogP contribution is -2.17. The number of hydrogen-bond acceptors (Lipinski definition) is 4. The van der Waals surface area contributed by atoms with Gasteiger partial charge in [-0.25, -0.2) is 0 Å². The number of methoxy groups -OCH3 is 1. The van der Waals surface area contributed by atoms with Crippen LogP contribution in [0.2, 0.25) is 0 Å². The van der Waals surface area contributed by atoms with Gasteiger partial charge in [0.05, 0.1) is 13.2 Å². The Hall–Kier alpha value is -1.26. The van der Waals surface area contributed by atoms with Gasteiger partial charge >= 0.3 is 0 Å². The smallest absolute Gasteiger partial charge is 0.124 e. The minimum Gasteiger partial charge on any atom is -0.507 e. The Labute approximate surface area is 89.5 Å². The normalized spacial score (nSPS) is 12.5. The van der Waals surface area contributed by atoms with E-state index in [1.807, 2.05) is 0 Å². The van der Waals surface area contributed by atoms with Crippen molar-refractivity contribution >= 4 is 0 Å². The molecule has 1 atom stereocenters. The molecule has 0 fully saturated rings. The number of rotatable bonds is 4. The monoisotopic (exact) mass is 211 g/mol. The van der Waals surface area contributed by atoms with Gasteiger partial charge in [0, 0.05) is 12.1 Å². The van der Waals surface area contributed by atoms with E-state index in [9.17, 15) is 10.2 Å². The summed E-state index contributed by atoms with van der Waals surface area (Å²) in [5.74, 6) is 0.758. The molecule has 0 bridgehead atoms. The molecule has 1 rings (SSSR count). The van der Waals surface area contributed by atoms with Gasteiger partial charge < -0.3 is 20.3 Å². The Morgan fingerprint density at radius 3 is 2.67 bits per heavy atom. The van der Waals surface area contributed by atoms with Gasteiger partial charge in [0.2, 0.25) is 0 Å². The van der Waals surface area contributed by atoms with E-state index in [0.717, 1.165) is 0 Å². The largest absolute Gasteiger partial charge is 0.507 e. The number of hydrogen-bond donors (Lipinski definition) is 3. The number of aliphatic hydroxyl groups excluding tert-OH is 1. The molecule has 0 aromatic heterocycles. The third-order valence-corrected chi connectivity index (χ3v) is 2.30. The van der Waals surface area contributed by atoms with Crippen molar-refractivity contribution in [1.82, 2.24) is 5.32 Å². The van der Waals surface area contributed by atoms with E-state index in [1.165, 1.54) is 0 Å². The second-order valence-corrected chi connectivity index (χ2v) is 3.46. The van der Waals surface area contributed by atoms with E-state index in [1.54, 1.807) is 33.2 Å². The van der Waals surface area contributed by atoms with E-state index in [-0.39, 0.29) is 5.75 Å². The first kappa shape index (κ1) is 11.8. The average Bonchev–Trinajstić information content (AvgIpc) is 2.22. The molecule has 0 heterocycles. The highest BCUT2D eigenvalue weighted by Crippen LogP contribution is 2.31. The molecule has 3 N–H and O–H groups in total. The molecule has 0 aliphatic heterocycles. The molecule has 1 aromatic carbocycles. The standard InChI is InChI=1S/C11H17NO3/c1-7-4-8(15-3)5-9(11(7)14)10(13)6-12-2/h4-5,10,12-14H,6H2,1-3H3. The Kier molecular flexibility index (Phi) is 3.94. The molecule has 0 saturated carbocycles. The van der Waals surface area contributed by atoms with Crippen molar-refractivity contribution in [3.63, 3.8) is 0 Å². The van der Waals surface area contributed by atoms with E-state index in [4.69, 9.17) is 4.74 Å². The summed E-state index contributed by atoms with van der Waals surface area (Å²) in [6.45, 7) is 2.16. The minimum atomic E-state index is -0.733. The topological polar surface area (TPSA) is 61.7 Å². The quantitative estimate of drug-likeness (QED) is 0.694. The summed E-state index contributed by atoms with van der Waals surface area (Å²) in [4.78, 5) is 0. The fourth-order valence-corrected chi connectivity index (χ4v) is 1.45. The summed E-state index contributed by atoms with van der Waals surface area (Å²) < 4.78 is 5.08.